The Morgan fingerprint density at radius 2 is 2.10 bits per heavy atom. The molecule has 30 heavy (non-hydrogen) atoms. The Bertz CT molecular complexity index is 985. The summed E-state index contributed by atoms with van der Waals surface area (Å²) >= 11 is 0. The number of ketones is 1. The first-order valence-electron chi connectivity index (χ1n) is 11.2. The number of imidazole rings is 1. The number of unbranched alkanes of at least 4 members (excludes halogenated alkanes) is 1. The average Bonchev–Trinajstić information content (AvgIpc) is 3.42. The summed E-state index contributed by atoms with van der Waals surface area (Å²) < 4.78 is 2.15. The zero-order valence-corrected chi connectivity index (χ0v) is 18.3. The third-order valence-corrected chi connectivity index (χ3v) is 6.29. The van der Waals surface area contributed by atoms with Crippen LogP contribution < -0.4 is 4.90 Å². The minimum Gasteiger partial charge on any atom is -0.368 e. The minimum absolute atomic E-state index is 0.00247. The lowest BCUT2D eigenvalue weighted by atomic mass is 9.97. The van der Waals surface area contributed by atoms with Crippen LogP contribution in [0, 0.1) is 5.92 Å². The Morgan fingerprint density at radius 3 is 2.80 bits per heavy atom. The van der Waals surface area contributed by atoms with E-state index < -0.39 is 0 Å². The SMILES string of the molecule is CCCCc1cnc2c(N3CCC(C)CC3)cc(C(=O)C[C@@H](C)c3ncn[nH]3)cn12. The maximum Gasteiger partial charge on any atom is 0.165 e. The van der Waals surface area contributed by atoms with Crippen molar-refractivity contribution < 1.29 is 4.79 Å². The van der Waals surface area contributed by atoms with Crippen LogP contribution in [0.15, 0.2) is 24.8 Å². The summed E-state index contributed by atoms with van der Waals surface area (Å²) in [5, 5.41) is 6.79. The smallest absolute Gasteiger partial charge is 0.165 e. The second-order valence-electron chi connectivity index (χ2n) is 8.73. The number of nitrogens with one attached hydrogen (secondary N) is 1. The number of piperidine rings is 1. The molecular formula is C23H32N6O. The summed E-state index contributed by atoms with van der Waals surface area (Å²) in [5.74, 6) is 1.63. The predicted molar refractivity (Wildman–Crippen MR) is 118 cm³/mol. The number of rotatable bonds is 8. The van der Waals surface area contributed by atoms with Crippen molar-refractivity contribution in [2.75, 3.05) is 18.0 Å². The first-order chi connectivity index (χ1) is 14.6. The molecule has 0 amide bonds. The molecule has 0 aromatic carbocycles. The number of Topliss-reactive ketones (excluding diaryl/α,β-unsaturated/α-hetero) is 1. The molecule has 160 valence electrons. The summed E-state index contributed by atoms with van der Waals surface area (Å²) in [4.78, 5) is 24.6. The van der Waals surface area contributed by atoms with E-state index in [9.17, 15) is 4.79 Å². The molecule has 3 aromatic heterocycles. The van der Waals surface area contributed by atoms with Crippen molar-refractivity contribution in [3.8, 4) is 0 Å². The standard InChI is InChI=1S/C23H32N6O/c1-4-5-6-19-13-24-23-20(28-9-7-16(2)8-10-28)12-18(14-29(19)23)21(30)11-17(3)22-25-15-26-27-22/h12-17H,4-11H2,1-3H3,(H,25,26,27)/t17-/m1/s1. The van der Waals surface area contributed by atoms with Gasteiger partial charge in [0.15, 0.2) is 11.4 Å². The van der Waals surface area contributed by atoms with Crippen molar-refractivity contribution in [3.63, 3.8) is 0 Å². The fourth-order valence-electron chi connectivity index (χ4n) is 4.24. The van der Waals surface area contributed by atoms with Crippen LogP contribution in [0.25, 0.3) is 5.65 Å². The van der Waals surface area contributed by atoms with E-state index in [1.165, 1.54) is 24.9 Å². The number of hydrogen-bond donors (Lipinski definition) is 1. The van der Waals surface area contributed by atoms with E-state index in [1.807, 2.05) is 19.3 Å². The largest absolute Gasteiger partial charge is 0.368 e. The molecule has 0 saturated carbocycles. The molecule has 0 unspecified atom stereocenters. The lowest BCUT2D eigenvalue weighted by Crippen LogP contribution is -2.33. The topological polar surface area (TPSA) is 79.2 Å². The molecule has 1 saturated heterocycles. The normalized spacial score (nSPS) is 16.3. The maximum atomic E-state index is 13.2. The van der Waals surface area contributed by atoms with E-state index in [0.717, 1.165) is 61.0 Å². The van der Waals surface area contributed by atoms with Crippen molar-refractivity contribution >= 4 is 17.1 Å². The van der Waals surface area contributed by atoms with Crippen molar-refractivity contribution in [1.82, 2.24) is 24.6 Å². The van der Waals surface area contributed by atoms with Crippen molar-refractivity contribution in [3.05, 3.63) is 41.9 Å². The highest BCUT2D eigenvalue weighted by molar-refractivity contribution is 5.98. The van der Waals surface area contributed by atoms with E-state index in [0.29, 0.717) is 6.42 Å². The zero-order valence-electron chi connectivity index (χ0n) is 18.3. The second-order valence-corrected chi connectivity index (χ2v) is 8.73. The van der Waals surface area contributed by atoms with Crippen LogP contribution in [0.3, 0.4) is 0 Å². The quantitative estimate of drug-likeness (QED) is 0.559. The van der Waals surface area contributed by atoms with Gasteiger partial charge in [0.05, 0.1) is 5.69 Å². The summed E-state index contributed by atoms with van der Waals surface area (Å²) in [6.45, 7) is 8.55. The number of carbonyl (C=O) groups excluding carboxylic acids is 1. The van der Waals surface area contributed by atoms with Gasteiger partial charge in [-0.05, 0) is 37.7 Å². The number of aromatic nitrogens is 5. The molecule has 4 rings (SSSR count). The van der Waals surface area contributed by atoms with Crippen molar-refractivity contribution in [1.29, 1.82) is 0 Å². The third kappa shape index (κ3) is 4.25. The monoisotopic (exact) mass is 408 g/mol. The molecule has 1 atom stereocenters. The van der Waals surface area contributed by atoms with Gasteiger partial charge in [-0.1, -0.05) is 27.2 Å². The number of fused-ring (bicyclic) bond motifs is 1. The fraction of sp³-hybridized carbons (Fsp3) is 0.565. The molecule has 7 heteroatoms. The molecule has 0 bridgehead atoms. The molecule has 1 aliphatic heterocycles. The van der Waals surface area contributed by atoms with Crippen LogP contribution in [-0.2, 0) is 6.42 Å². The van der Waals surface area contributed by atoms with Crippen LogP contribution >= 0.6 is 0 Å². The van der Waals surface area contributed by atoms with Crippen LogP contribution in [0.4, 0.5) is 5.69 Å². The highest BCUT2D eigenvalue weighted by atomic mass is 16.1. The van der Waals surface area contributed by atoms with E-state index >= 15 is 0 Å². The van der Waals surface area contributed by atoms with Gasteiger partial charge in [-0.3, -0.25) is 9.89 Å². The number of hydrogen-bond acceptors (Lipinski definition) is 5. The van der Waals surface area contributed by atoms with Crippen LogP contribution in [-0.4, -0.2) is 43.4 Å². The molecule has 4 heterocycles. The van der Waals surface area contributed by atoms with Crippen LogP contribution in [0.1, 0.15) is 80.7 Å². The van der Waals surface area contributed by atoms with Crippen molar-refractivity contribution in [2.24, 2.45) is 5.92 Å². The van der Waals surface area contributed by atoms with E-state index in [1.54, 1.807) is 0 Å². The fourth-order valence-corrected chi connectivity index (χ4v) is 4.24. The predicted octanol–water partition coefficient (Wildman–Crippen LogP) is 4.41. The molecule has 0 aliphatic carbocycles. The molecule has 1 fully saturated rings. The molecular weight excluding hydrogens is 376 g/mol. The third-order valence-electron chi connectivity index (χ3n) is 6.29. The van der Waals surface area contributed by atoms with Gasteiger partial charge in [-0.2, -0.15) is 5.10 Å². The number of aryl methyl sites for hydroxylation is 1. The molecule has 0 radical (unpaired) electrons. The van der Waals surface area contributed by atoms with Crippen LogP contribution in [0.2, 0.25) is 0 Å². The highest BCUT2D eigenvalue weighted by Gasteiger charge is 2.23. The summed E-state index contributed by atoms with van der Waals surface area (Å²) in [6.07, 6.45) is 11.4. The first kappa shape index (κ1) is 20.6. The second kappa shape index (κ2) is 8.98. The Kier molecular flexibility index (Phi) is 6.16. The number of aromatic amines is 1. The van der Waals surface area contributed by atoms with Gasteiger partial charge < -0.3 is 9.30 Å². The maximum absolute atomic E-state index is 13.2. The van der Waals surface area contributed by atoms with Crippen molar-refractivity contribution in [2.45, 2.75) is 65.2 Å². The Hall–Kier alpha value is -2.70. The highest BCUT2D eigenvalue weighted by Crippen LogP contribution is 2.30. The van der Waals surface area contributed by atoms with Crippen LogP contribution in [0.5, 0.6) is 0 Å². The average molecular weight is 409 g/mol. The Labute approximate surface area is 177 Å². The van der Waals surface area contributed by atoms with Gasteiger partial charge in [0.25, 0.3) is 0 Å². The zero-order chi connectivity index (χ0) is 21.1. The Morgan fingerprint density at radius 1 is 1.30 bits per heavy atom. The molecule has 1 aliphatic rings. The number of pyridine rings is 1. The van der Waals surface area contributed by atoms with E-state index in [2.05, 4.69) is 44.4 Å². The number of H-pyrrole nitrogens is 1. The summed E-state index contributed by atoms with van der Waals surface area (Å²) in [7, 11) is 0. The lowest BCUT2D eigenvalue weighted by molar-refractivity contribution is 0.0974. The molecule has 1 N–H and O–H groups in total. The van der Waals surface area contributed by atoms with E-state index in [4.69, 9.17) is 4.98 Å². The van der Waals surface area contributed by atoms with Gasteiger partial charge in [0, 0.05) is 49.1 Å². The van der Waals surface area contributed by atoms with Gasteiger partial charge in [-0.25, -0.2) is 9.97 Å². The number of nitrogens with zero attached hydrogens (tertiary/aromatic N) is 5. The van der Waals surface area contributed by atoms with Gasteiger partial charge in [-0.15, -0.1) is 0 Å². The molecule has 3 aromatic rings. The number of anilines is 1. The Balaban J connectivity index is 1.68. The summed E-state index contributed by atoms with van der Waals surface area (Å²) in [5.41, 5.74) is 3.98. The van der Waals surface area contributed by atoms with Gasteiger partial charge in [0.1, 0.15) is 12.2 Å². The number of carbonyl (C=O) groups is 1. The van der Waals surface area contributed by atoms with Gasteiger partial charge >= 0.3 is 0 Å². The summed E-state index contributed by atoms with van der Waals surface area (Å²) in [6, 6.07) is 2.05. The molecule has 7 nitrogen and oxygen atoms in total. The molecule has 0 spiro atoms. The first-order valence-corrected chi connectivity index (χ1v) is 11.2. The van der Waals surface area contributed by atoms with E-state index in [-0.39, 0.29) is 11.7 Å². The lowest BCUT2D eigenvalue weighted by Gasteiger charge is -2.32. The van der Waals surface area contributed by atoms with Gasteiger partial charge in [0.2, 0.25) is 0 Å². The minimum atomic E-state index is -0.00247.